The van der Waals surface area contributed by atoms with Gasteiger partial charge in [-0.05, 0) is 59.9 Å². The van der Waals surface area contributed by atoms with Crippen molar-refractivity contribution in [1.82, 2.24) is 14.9 Å². The third-order valence-electron chi connectivity index (χ3n) is 3.90. The molecule has 0 N–H and O–H groups in total. The molecule has 1 fully saturated rings. The van der Waals surface area contributed by atoms with Gasteiger partial charge in [-0.15, -0.1) is 0 Å². The van der Waals surface area contributed by atoms with Gasteiger partial charge in [0.05, 0.1) is 6.61 Å². The Kier molecular flexibility index (Phi) is 6.02. The number of likely N-dealkylation sites (tertiary alicyclic amines) is 1. The Morgan fingerprint density at radius 1 is 1.25 bits per heavy atom. The summed E-state index contributed by atoms with van der Waals surface area (Å²) < 4.78 is 11.2. The number of ether oxygens (including phenoxy) is 2. The number of aryl methyl sites for hydroxylation is 2. The van der Waals surface area contributed by atoms with Crippen LogP contribution < -0.4 is 4.74 Å². The maximum atomic E-state index is 12.4. The Balaban J connectivity index is 1.90. The van der Waals surface area contributed by atoms with Crippen LogP contribution in [0.2, 0.25) is 0 Å². The first kappa shape index (κ1) is 18.5. The minimum Gasteiger partial charge on any atom is -0.463 e. The minimum atomic E-state index is -0.470. The average Bonchev–Trinajstić information content (AvgIpc) is 2.45. The smallest absolute Gasteiger partial charge is 0.410 e. The van der Waals surface area contributed by atoms with E-state index in [1.54, 1.807) is 0 Å². The van der Waals surface area contributed by atoms with Crippen LogP contribution in [0, 0.1) is 13.8 Å². The first-order valence-electron chi connectivity index (χ1n) is 8.69. The molecular weight excluding hydrogens is 306 g/mol. The fraction of sp³-hybridized carbons (Fsp3) is 0.722. The number of amides is 1. The molecule has 1 aliphatic rings. The molecule has 0 spiro atoms. The molecule has 1 aliphatic heterocycles. The summed E-state index contributed by atoms with van der Waals surface area (Å²) in [5, 5.41) is 0. The number of nitrogens with zero attached hydrogens (tertiary/aromatic N) is 3. The zero-order valence-corrected chi connectivity index (χ0v) is 15.5. The second-order valence-electron chi connectivity index (χ2n) is 7.39. The predicted molar refractivity (Wildman–Crippen MR) is 92.2 cm³/mol. The maximum absolute atomic E-state index is 12.4. The van der Waals surface area contributed by atoms with Crippen molar-refractivity contribution in [3.05, 3.63) is 17.5 Å². The fourth-order valence-electron chi connectivity index (χ4n) is 2.91. The quantitative estimate of drug-likeness (QED) is 0.840. The molecule has 0 radical (unpaired) electrons. The Morgan fingerprint density at radius 3 is 2.54 bits per heavy atom. The largest absolute Gasteiger partial charge is 0.463 e. The number of rotatable bonds is 4. The third kappa shape index (κ3) is 5.65. The summed E-state index contributed by atoms with van der Waals surface area (Å²) in [6.07, 6.45) is 3.67. The van der Waals surface area contributed by atoms with Crippen LogP contribution >= 0.6 is 0 Å². The minimum absolute atomic E-state index is 0.152. The van der Waals surface area contributed by atoms with Gasteiger partial charge in [0.15, 0.2) is 0 Å². The summed E-state index contributed by atoms with van der Waals surface area (Å²) >= 11 is 0. The van der Waals surface area contributed by atoms with Gasteiger partial charge in [-0.2, -0.15) is 0 Å². The first-order valence-corrected chi connectivity index (χ1v) is 8.69. The van der Waals surface area contributed by atoms with Crippen LogP contribution in [0.15, 0.2) is 6.07 Å². The molecule has 6 nitrogen and oxygen atoms in total. The van der Waals surface area contributed by atoms with Crippen molar-refractivity contribution in [2.45, 2.75) is 71.9 Å². The third-order valence-corrected chi connectivity index (χ3v) is 3.90. The van der Waals surface area contributed by atoms with Gasteiger partial charge in [0, 0.05) is 30.4 Å². The van der Waals surface area contributed by atoms with E-state index in [0.29, 0.717) is 12.6 Å². The molecule has 6 heteroatoms. The Labute approximate surface area is 144 Å². The van der Waals surface area contributed by atoms with Crippen molar-refractivity contribution in [2.24, 2.45) is 0 Å². The molecule has 0 aromatic carbocycles. The molecule has 2 heterocycles. The highest BCUT2D eigenvalue weighted by Gasteiger charge is 2.30. The molecule has 0 saturated carbocycles. The van der Waals surface area contributed by atoms with Gasteiger partial charge < -0.3 is 14.4 Å². The van der Waals surface area contributed by atoms with E-state index < -0.39 is 5.60 Å². The summed E-state index contributed by atoms with van der Waals surface area (Å²) in [5.74, 6) is 0. The predicted octanol–water partition coefficient (Wildman–Crippen LogP) is 3.65. The summed E-state index contributed by atoms with van der Waals surface area (Å²) in [6, 6.07) is 2.48. The lowest BCUT2D eigenvalue weighted by atomic mass is 10.0. The molecule has 0 bridgehead atoms. The SMILES string of the molecule is Cc1cc(C)nc(OCC[C@H]2CCCCN2C(=O)OC(C)(C)C)n1. The molecule has 0 unspecified atom stereocenters. The first-order chi connectivity index (χ1) is 11.2. The number of hydrogen-bond acceptors (Lipinski definition) is 5. The van der Waals surface area contributed by atoms with Crippen molar-refractivity contribution in [3.63, 3.8) is 0 Å². The van der Waals surface area contributed by atoms with E-state index in [1.165, 1.54) is 0 Å². The van der Waals surface area contributed by atoms with Crippen LogP contribution in [-0.4, -0.2) is 45.8 Å². The van der Waals surface area contributed by atoms with E-state index in [4.69, 9.17) is 9.47 Å². The number of aromatic nitrogens is 2. The van der Waals surface area contributed by atoms with Crippen molar-refractivity contribution in [3.8, 4) is 6.01 Å². The van der Waals surface area contributed by atoms with E-state index in [2.05, 4.69) is 9.97 Å². The van der Waals surface area contributed by atoms with E-state index in [-0.39, 0.29) is 12.1 Å². The normalized spacial score (nSPS) is 18.4. The van der Waals surface area contributed by atoms with Crippen LogP contribution in [0.1, 0.15) is 57.8 Å². The van der Waals surface area contributed by atoms with Crippen molar-refractivity contribution in [1.29, 1.82) is 0 Å². The topological polar surface area (TPSA) is 64.5 Å². The highest BCUT2D eigenvalue weighted by Crippen LogP contribution is 2.22. The zero-order valence-electron chi connectivity index (χ0n) is 15.5. The molecular formula is C18H29N3O3. The summed E-state index contributed by atoms with van der Waals surface area (Å²) in [5.41, 5.74) is 1.32. The van der Waals surface area contributed by atoms with E-state index in [9.17, 15) is 4.79 Å². The zero-order chi connectivity index (χ0) is 17.7. The second-order valence-corrected chi connectivity index (χ2v) is 7.39. The van der Waals surface area contributed by atoms with E-state index >= 15 is 0 Å². The molecule has 24 heavy (non-hydrogen) atoms. The lowest BCUT2D eigenvalue weighted by molar-refractivity contribution is 0.00732. The molecule has 1 aromatic rings. The van der Waals surface area contributed by atoms with Crippen LogP contribution in [0.4, 0.5) is 4.79 Å². The van der Waals surface area contributed by atoms with Crippen molar-refractivity contribution >= 4 is 6.09 Å². The van der Waals surface area contributed by atoms with Gasteiger partial charge in [-0.3, -0.25) is 0 Å². The van der Waals surface area contributed by atoms with Gasteiger partial charge >= 0.3 is 12.1 Å². The van der Waals surface area contributed by atoms with E-state index in [0.717, 1.165) is 43.6 Å². The standard InChI is InChI=1S/C18H29N3O3/c1-13-12-14(2)20-16(19-13)23-11-9-15-8-6-7-10-21(15)17(22)24-18(3,4)5/h12,15H,6-11H2,1-5H3/t15-/m1/s1. The Hall–Kier alpha value is -1.85. The van der Waals surface area contributed by atoms with Crippen LogP contribution in [0.3, 0.4) is 0 Å². The number of carbonyl (C=O) groups is 1. The number of carbonyl (C=O) groups excluding carboxylic acids is 1. The molecule has 1 saturated heterocycles. The average molecular weight is 335 g/mol. The van der Waals surface area contributed by atoms with Crippen LogP contribution in [-0.2, 0) is 4.74 Å². The molecule has 1 aromatic heterocycles. The molecule has 0 aliphatic carbocycles. The Morgan fingerprint density at radius 2 is 1.92 bits per heavy atom. The van der Waals surface area contributed by atoms with E-state index in [1.807, 2.05) is 45.6 Å². The maximum Gasteiger partial charge on any atom is 0.410 e. The molecule has 2 rings (SSSR count). The molecule has 1 amide bonds. The molecule has 1 atom stereocenters. The van der Waals surface area contributed by atoms with Crippen LogP contribution in [0.5, 0.6) is 6.01 Å². The summed E-state index contributed by atoms with van der Waals surface area (Å²) in [4.78, 5) is 22.8. The Bertz CT molecular complexity index is 549. The summed E-state index contributed by atoms with van der Waals surface area (Å²) in [7, 11) is 0. The van der Waals surface area contributed by atoms with Gasteiger partial charge in [-0.1, -0.05) is 0 Å². The lowest BCUT2D eigenvalue weighted by Gasteiger charge is -2.36. The lowest BCUT2D eigenvalue weighted by Crippen LogP contribution is -2.46. The monoisotopic (exact) mass is 335 g/mol. The van der Waals surface area contributed by atoms with Crippen molar-refractivity contribution in [2.75, 3.05) is 13.2 Å². The number of piperidine rings is 1. The highest BCUT2D eigenvalue weighted by molar-refractivity contribution is 5.68. The van der Waals surface area contributed by atoms with Crippen molar-refractivity contribution < 1.29 is 14.3 Å². The van der Waals surface area contributed by atoms with Crippen LogP contribution in [0.25, 0.3) is 0 Å². The highest BCUT2D eigenvalue weighted by atomic mass is 16.6. The van der Waals surface area contributed by atoms with Gasteiger partial charge in [-0.25, -0.2) is 14.8 Å². The fourth-order valence-corrected chi connectivity index (χ4v) is 2.91. The number of hydrogen-bond donors (Lipinski definition) is 0. The summed E-state index contributed by atoms with van der Waals surface area (Å²) in [6.45, 7) is 10.8. The molecule has 134 valence electrons. The second kappa shape index (κ2) is 7.81. The van der Waals surface area contributed by atoms with Gasteiger partial charge in [0.2, 0.25) is 0 Å². The van der Waals surface area contributed by atoms with Gasteiger partial charge in [0.1, 0.15) is 5.60 Å². The van der Waals surface area contributed by atoms with Gasteiger partial charge in [0.25, 0.3) is 0 Å².